The first-order chi connectivity index (χ1) is 12.5. The summed E-state index contributed by atoms with van der Waals surface area (Å²) in [7, 11) is 1.54. The zero-order valence-electron chi connectivity index (χ0n) is 16.4. The third kappa shape index (κ3) is 2.28. The first kappa shape index (κ1) is 17.6. The van der Waals surface area contributed by atoms with Gasteiger partial charge in [-0.3, -0.25) is 4.79 Å². The number of ether oxygens (including phenoxy) is 1. The number of aryl methyl sites for hydroxylation is 1. The molecule has 0 amide bonds. The molecule has 3 nitrogen and oxygen atoms in total. The van der Waals surface area contributed by atoms with Crippen molar-refractivity contribution in [3.05, 3.63) is 42.3 Å². The van der Waals surface area contributed by atoms with Gasteiger partial charge in [-0.15, -0.1) is 6.58 Å². The molecule has 0 bridgehead atoms. The van der Waals surface area contributed by atoms with Gasteiger partial charge in [0, 0.05) is 18.4 Å². The van der Waals surface area contributed by atoms with E-state index in [0.717, 1.165) is 32.2 Å². The highest BCUT2D eigenvalue weighted by molar-refractivity contribution is 5.78. The van der Waals surface area contributed by atoms with E-state index in [9.17, 15) is 4.79 Å². The van der Waals surface area contributed by atoms with Gasteiger partial charge in [-0.2, -0.15) is 0 Å². The highest BCUT2D eigenvalue weighted by Gasteiger charge is 2.58. The molecule has 3 aliphatic carbocycles. The number of fused-ring (bicyclic) bond motifs is 5. The Kier molecular flexibility index (Phi) is 4.17. The van der Waals surface area contributed by atoms with Crippen molar-refractivity contribution in [3.63, 3.8) is 0 Å². The summed E-state index contributed by atoms with van der Waals surface area (Å²) in [5.41, 5.74) is 4.24. The summed E-state index contributed by atoms with van der Waals surface area (Å²) in [6, 6.07) is 2.28. The maximum Gasteiger partial charge on any atom is 0.311 e. The maximum absolute atomic E-state index is 12.7. The molecule has 0 aliphatic heterocycles. The van der Waals surface area contributed by atoms with Crippen molar-refractivity contribution in [1.29, 1.82) is 0 Å². The van der Waals surface area contributed by atoms with Crippen molar-refractivity contribution in [3.8, 4) is 0 Å². The molecule has 1 aromatic heterocycles. The van der Waals surface area contributed by atoms with Crippen LogP contribution in [0.25, 0.3) is 5.57 Å². The SMILES string of the molecule is C=CCn1ccc2c1C1=CC[C@H]3[C@@](C)(C(=O)OC)CCC[C@]3(C)C1CC2. The molecule has 4 atom stereocenters. The molecule has 1 heterocycles. The van der Waals surface area contributed by atoms with Crippen LogP contribution in [0.3, 0.4) is 0 Å². The quantitative estimate of drug-likeness (QED) is 0.565. The summed E-state index contributed by atoms with van der Waals surface area (Å²) in [5.74, 6) is 0.891. The molecule has 3 aliphatic rings. The van der Waals surface area contributed by atoms with Crippen LogP contribution in [-0.2, 0) is 22.5 Å². The van der Waals surface area contributed by atoms with Crippen molar-refractivity contribution in [2.24, 2.45) is 22.7 Å². The zero-order valence-corrected chi connectivity index (χ0v) is 16.4. The normalized spacial score (nSPS) is 35.6. The van der Waals surface area contributed by atoms with E-state index in [2.05, 4.69) is 43.3 Å². The molecule has 0 spiro atoms. The van der Waals surface area contributed by atoms with E-state index in [0.29, 0.717) is 11.8 Å². The largest absolute Gasteiger partial charge is 0.469 e. The van der Waals surface area contributed by atoms with Gasteiger partial charge in [-0.25, -0.2) is 0 Å². The Morgan fingerprint density at radius 2 is 2.23 bits per heavy atom. The van der Waals surface area contributed by atoms with E-state index in [-0.39, 0.29) is 16.8 Å². The van der Waals surface area contributed by atoms with Crippen molar-refractivity contribution in [2.75, 3.05) is 7.11 Å². The average Bonchev–Trinajstić information content (AvgIpc) is 3.04. The van der Waals surface area contributed by atoms with Crippen LogP contribution in [0.2, 0.25) is 0 Å². The fourth-order valence-electron chi connectivity index (χ4n) is 6.49. The molecular formula is C23H31NO2. The summed E-state index contributed by atoms with van der Waals surface area (Å²) in [6.07, 6.45) is 13.2. The van der Waals surface area contributed by atoms with Gasteiger partial charge < -0.3 is 9.30 Å². The number of hydrogen-bond acceptors (Lipinski definition) is 2. The highest BCUT2D eigenvalue weighted by atomic mass is 16.5. The van der Waals surface area contributed by atoms with Crippen LogP contribution < -0.4 is 0 Å². The second-order valence-corrected chi connectivity index (χ2v) is 8.94. The molecule has 140 valence electrons. The standard InChI is InChI=1S/C23H31NO2/c1-5-14-24-15-11-16-7-9-18-17(20(16)24)8-10-19-22(18,2)12-6-13-23(19,3)21(25)26-4/h5,8,11,15,18-19H,1,6-7,9-10,12-14H2,2-4H3/t18?,19-,22-,23+/m1/s1. The smallest absolute Gasteiger partial charge is 0.311 e. The Morgan fingerprint density at radius 1 is 1.42 bits per heavy atom. The molecule has 4 rings (SSSR count). The predicted octanol–water partition coefficient (Wildman–Crippen LogP) is 5.01. The van der Waals surface area contributed by atoms with E-state index >= 15 is 0 Å². The van der Waals surface area contributed by atoms with Crippen LogP contribution in [0.5, 0.6) is 0 Å². The van der Waals surface area contributed by atoms with E-state index in [1.54, 1.807) is 7.11 Å². The fourth-order valence-corrected chi connectivity index (χ4v) is 6.49. The molecule has 0 saturated heterocycles. The van der Waals surface area contributed by atoms with Crippen molar-refractivity contribution >= 4 is 11.5 Å². The number of rotatable bonds is 3. The zero-order chi connectivity index (χ0) is 18.5. The summed E-state index contributed by atoms with van der Waals surface area (Å²) >= 11 is 0. The van der Waals surface area contributed by atoms with Gasteiger partial charge in [0.05, 0.1) is 12.5 Å². The Hall–Kier alpha value is -1.77. The molecule has 0 aromatic carbocycles. The Morgan fingerprint density at radius 3 is 2.96 bits per heavy atom. The number of carbonyl (C=O) groups excluding carboxylic acids is 1. The molecule has 1 unspecified atom stereocenters. The Labute approximate surface area is 157 Å². The number of hydrogen-bond donors (Lipinski definition) is 0. The predicted molar refractivity (Wildman–Crippen MR) is 105 cm³/mol. The van der Waals surface area contributed by atoms with Crippen molar-refractivity contribution < 1.29 is 9.53 Å². The summed E-state index contributed by atoms with van der Waals surface area (Å²) in [5, 5.41) is 0. The number of aromatic nitrogens is 1. The summed E-state index contributed by atoms with van der Waals surface area (Å²) < 4.78 is 7.60. The topological polar surface area (TPSA) is 31.2 Å². The third-order valence-corrected chi connectivity index (χ3v) is 7.72. The minimum atomic E-state index is -0.354. The lowest BCUT2D eigenvalue weighted by Gasteiger charge is -2.57. The average molecular weight is 354 g/mol. The highest BCUT2D eigenvalue weighted by Crippen LogP contribution is 2.63. The van der Waals surface area contributed by atoms with Crippen LogP contribution in [0.15, 0.2) is 31.0 Å². The van der Waals surface area contributed by atoms with Crippen LogP contribution >= 0.6 is 0 Å². The van der Waals surface area contributed by atoms with Gasteiger partial charge in [0.1, 0.15) is 0 Å². The molecule has 0 N–H and O–H groups in total. The molecule has 1 aromatic rings. The van der Waals surface area contributed by atoms with Gasteiger partial charge >= 0.3 is 5.97 Å². The molecule has 0 radical (unpaired) electrons. The minimum Gasteiger partial charge on any atom is -0.469 e. The first-order valence-electron chi connectivity index (χ1n) is 10.0. The lowest BCUT2D eigenvalue weighted by atomic mass is 9.46. The van der Waals surface area contributed by atoms with Gasteiger partial charge in [-0.1, -0.05) is 25.5 Å². The second kappa shape index (κ2) is 6.14. The van der Waals surface area contributed by atoms with Gasteiger partial charge in [0.15, 0.2) is 0 Å². The second-order valence-electron chi connectivity index (χ2n) is 8.94. The minimum absolute atomic E-state index is 0.0168. The van der Waals surface area contributed by atoms with Gasteiger partial charge in [-0.05, 0) is 73.5 Å². The molecule has 1 saturated carbocycles. The number of esters is 1. The summed E-state index contributed by atoms with van der Waals surface area (Å²) in [4.78, 5) is 12.7. The molecule has 3 heteroatoms. The van der Waals surface area contributed by atoms with Crippen LogP contribution in [0.1, 0.15) is 57.2 Å². The van der Waals surface area contributed by atoms with Crippen LogP contribution in [0, 0.1) is 22.7 Å². The summed E-state index contributed by atoms with van der Waals surface area (Å²) in [6.45, 7) is 9.38. The Balaban J connectivity index is 1.79. The lowest BCUT2D eigenvalue weighted by molar-refractivity contribution is -0.165. The number of nitrogens with zero attached hydrogens (tertiary/aromatic N) is 1. The number of carbonyl (C=O) groups is 1. The fraction of sp³-hybridized carbons (Fsp3) is 0.609. The van der Waals surface area contributed by atoms with Gasteiger partial charge in [0.2, 0.25) is 0 Å². The number of allylic oxidation sites excluding steroid dienone is 3. The molecule has 1 fully saturated rings. The van der Waals surface area contributed by atoms with E-state index in [4.69, 9.17) is 4.74 Å². The molecular weight excluding hydrogens is 322 g/mol. The number of methoxy groups -OCH3 is 1. The monoisotopic (exact) mass is 353 g/mol. The maximum atomic E-state index is 12.7. The van der Waals surface area contributed by atoms with Gasteiger partial charge in [0.25, 0.3) is 0 Å². The first-order valence-corrected chi connectivity index (χ1v) is 10.0. The Bertz CT molecular complexity index is 773. The van der Waals surface area contributed by atoms with E-state index in [1.807, 2.05) is 6.08 Å². The van der Waals surface area contributed by atoms with Crippen LogP contribution in [-0.4, -0.2) is 17.6 Å². The third-order valence-electron chi connectivity index (χ3n) is 7.72. The van der Waals surface area contributed by atoms with E-state index in [1.165, 1.54) is 29.7 Å². The van der Waals surface area contributed by atoms with Crippen molar-refractivity contribution in [1.82, 2.24) is 4.57 Å². The van der Waals surface area contributed by atoms with Crippen molar-refractivity contribution in [2.45, 2.75) is 58.9 Å². The van der Waals surface area contributed by atoms with Crippen LogP contribution in [0.4, 0.5) is 0 Å². The molecule has 26 heavy (non-hydrogen) atoms. The lowest BCUT2D eigenvalue weighted by Crippen LogP contribution is -2.53. The van der Waals surface area contributed by atoms with E-state index < -0.39 is 0 Å².